The van der Waals surface area contributed by atoms with Gasteiger partial charge < -0.3 is 15.4 Å². The van der Waals surface area contributed by atoms with Gasteiger partial charge in [-0.3, -0.25) is 0 Å². The molecule has 0 saturated carbocycles. The minimum atomic E-state index is -0.380. The third-order valence-corrected chi connectivity index (χ3v) is 4.32. The van der Waals surface area contributed by atoms with Gasteiger partial charge in [-0.15, -0.1) is 11.3 Å². The first-order valence-corrected chi connectivity index (χ1v) is 7.97. The van der Waals surface area contributed by atoms with Crippen LogP contribution in [0.2, 0.25) is 0 Å². The quantitative estimate of drug-likeness (QED) is 0.657. The van der Waals surface area contributed by atoms with Gasteiger partial charge in [0.25, 0.3) is 0 Å². The molecule has 2 N–H and O–H groups in total. The zero-order valence-electron chi connectivity index (χ0n) is 12.6. The Bertz CT molecular complexity index is 698. The first-order chi connectivity index (χ1) is 10.5. The number of esters is 1. The van der Waals surface area contributed by atoms with Crippen molar-refractivity contribution in [3.05, 3.63) is 40.4 Å². The van der Waals surface area contributed by atoms with Crippen molar-refractivity contribution in [3.63, 3.8) is 0 Å². The number of aromatic nitrogens is 1. The molecule has 0 aromatic carbocycles. The average Bonchev–Trinajstić information content (AvgIpc) is 2.89. The van der Waals surface area contributed by atoms with E-state index < -0.39 is 0 Å². The number of thiophene rings is 1. The molecule has 0 aliphatic carbocycles. The SMILES string of the molecule is CCc1cc(C(=O)OC)c(NC(=S)Nc2cc(C)ccn2)s1. The number of carbonyl (C=O) groups excluding carboxylic acids is 1. The predicted molar refractivity (Wildman–Crippen MR) is 93.9 cm³/mol. The minimum absolute atomic E-state index is 0.380. The number of rotatable bonds is 4. The Balaban J connectivity index is 2.14. The monoisotopic (exact) mass is 335 g/mol. The number of hydrogen-bond acceptors (Lipinski definition) is 5. The van der Waals surface area contributed by atoms with Gasteiger partial charge >= 0.3 is 5.97 Å². The van der Waals surface area contributed by atoms with Crippen LogP contribution in [0.15, 0.2) is 24.4 Å². The van der Waals surface area contributed by atoms with Crippen LogP contribution in [0.3, 0.4) is 0 Å². The number of hydrogen-bond donors (Lipinski definition) is 2. The Morgan fingerprint density at radius 1 is 1.41 bits per heavy atom. The molecule has 0 unspecified atom stereocenters. The highest BCUT2D eigenvalue weighted by molar-refractivity contribution is 7.80. The van der Waals surface area contributed by atoms with Crippen LogP contribution in [0.4, 0.5) is 10.8 Å². The van der Waals surface area contributed by atoms with Crippen molar-refractivity contribution >= 4 is 45.5 Å². The topological polar surface area (TPSA) is 63.2 Å². The van der Waals surface area contributed by atoms with Crippen LogP contribution in [-0.2, 0) is 11.2 Å². The molecule has 116 valence electrons. The van der Waals surface area contributed by atoms with Crippen LogP contribution in [0.25, 0.3) is 0 Å². The molecule has 2 rings (SSSR count). The van der Waals surface area contributed by atoms with E-state index in [0.717, 1.165) is 16.9 Å². The number of thiocarbonyl (C=S) groups is 1. The van der Waals surface area contributed by atoms with Crippen molar-refractivity contribution < 1.29 is 9.53 Å². The summed E-state index contributed by atoms with van der Waals surface area (Å²) in [6, 6.07) is 5.62. The van der Waals surface area contributed by atoms with E-state index in [1.807, 2.05) is 32.0 Å². The Kier molecular flexibility index (Phi) is 5.46. The van der Waals surface area contributed by atoms with Crippen LogP contribution in [0, 0.1) is 6.92 Å². The molecule has 22 heavy (non-hydrogen) atoms. The lowest BCUT2D eigenvalue weighted by atomic mass is 10.2. The van der Waals surface area contributed by atoms with Crippen molar-refractivity contribution in [2.75, 3.05) is 17.7 Å². The van der Waals surface area contributed by atoms with Crippen molar-refractivity contribution in [1.82, 2.24) is 4.98 Å². The number of carbonyl (C=O) groups is 1. The van der Waals surface area contributed by atoms with Gasteiger partial charge in [0.2, 0.25) is 0 Å². The summed E-state index contributed by atoms with van der Waals surface area (Å²) in [5, 5.41) is 7.11. The molecular weight excluding hydrogens is 318 g/mol. The lowest BCUT2D eigenvalue weighted by Gasteiger charge is -2.10. The van der Waals surface area contributed by atoms with Crippen molar-refractivity contribution in [1.29, 1.82) is 0 Å². The fraction of sp³-hybridized carbons (Fsp3) is 0.267. The van der Waals surface area contributed by atoms with Crippen LogP contribution in [0.1, 0.15) is 27.7 Å². The van der Waals surface area contributed by atoms with E-state index in [4.69, 9.17) is 17.0 Å². The van der Waals surface area contributed by atoms with Crippen LogP contribution in [0.5, 0.6) is 0 Å². The highest BCUT2D eigenvalue weighted by Crippen LogP contribution is 2.29. The van der Waals surface area contributed by atoms with E-state index in [9.17, 15) is 4.79 Å². The van der Waals surface area contributed by atoms with Crippen molar-refractivity contribution in [2.45, 2.75) is 20.3 Å². The van der Waals surface area contributed by atoms with E-state index >= 15 is 0 Å². The molecule has 0 amide bonds. The Morgan fingerprint density at radius 2 is 2.18 bits per heavy atom. The Hall–Kier alpha value is -1.99. The zero-order valence-corrected chi connectivity index (χ0v) is 14.2. The van der Waals surface area contributed by atoms with E-state index in [0.29, 0.717) is 21.5 Å². The van der Waals surface area contributed by atoms with E-state index in [2.05, 4.69) is 15.6 Å². The van der Waals surface area contributed by atoms with Gasteiger partial charge in [0, 0.05) is 11.1 Å². The smallest absolute Gasteiger partial charge is 0.340 e. The van der Waals surface area contributed by atoms with Crippen LogP contribution < -0.4 is 10.6 Å². The molecule has 2 aromatic rings. The lowest BCUT2D eigenvalue weighted by molar-refractivity contribution is 0.0602. The Morgan fingerprint density at radius 3 is 2.82 bits per heavy atom. The summed E-state index contributed by atoms with van der Waals surface area (Å²) >= 11 is 6.77. The number of pyridine rings is 1. The number of nitrogens with one attached hydrogen (secondary N) is 2. The number of nitrogens with zero attached hydrogens (tertiary/aromatic N) is 1. The van der Waals surface area contributed by atoms with Crippen molar-refractivity contribution in [3.8, 4) is 0 Å². The zero-order chi connectivity index (χ0) is 16.1. The van der Waals surface area contributed by atoms with Gasteiger partial charge in [-0.05, 0) is 49.3 Å². The molecule has 0 saturated heterocycles. The summed E-state index contributed by atoms with van der Waals surface area (Å²) < 4.78 is 4.80. The molecule has 2 heterocycles. The molecule has 0 aliphatic rings. The third kappa shape index (κ3) is 4.02. The summed E-state index contributed by atoms with van der Waals surface area (Å²) in [5.41, 5.74) is 1.57. The molecule has 0 atom stereocenters. The van der Waals surface area contributed by atoms with Crippen LogP contribution >= 0.6 is 23.6 Å². The summed E-state index contributed by atoms with van der Waals surface area (Å²) in [5.74, 6) is 0.277. The first-order valence-electron chi connectivity index (χ1n) is 6.75. The minimum Gasteiger partial charge on any atom is -0.465 e. The molecule has 0 aliphatic heterocycles. The van der Waals surface area contributed by atoms with E-state index in [1.165, 1.54) is 18.4 Å². The normalized spacial score (nSPS) is 10.1. The van der Waals surface area contributed by atoms with Gasteiger partial charge in [0.1, 0.15) is 10.8 Å². The highest BCUT2D eigenvalue weighted by atomic mass is 32.1. The summed E-state index contributed by atoms with van der Waals surface area (Å²) in [6.07, 6.45) is 2.55. The molecule has 7 heteroatoms. The molecule has 0 spiro atoms. The van der Waals surface area contributed by atoms with Gasteiger partial charge in [-0.1, -0.05) is 6.92 Å². The molecular formula is C15H17N3O2S2. The maximum absolute atomic E-state index is 11.8. The second kappa shape index (κ2) is 7.33. The summed E-state index contributed by atoms with van der Waals surface area (Å²) in [4.78, 5) is 17.1. The second-order valence-corrected chi connectivity index (χ2v) is 6.14. The fourth-order valence-corrected chi connectivity index (χ4v) is 3.09. The lowest BCUT2D eigenvalue weighted by Crippen LogP contribution is -2.20. The highest BCUT2D eigenvalue weighted by Gasteiger charge is 2.17. The van der Waals surface area contributed by atoms with E-state index in [-0.39, 0.29) is 5.97 Å². The Labute approximate surface area is 138 Å². The molecule has 2 aromatic heterocycles. The van der Waals surface area contributed by atoms with Gasteiger partial charge in [-0.2, -0.15) is 0 Å². The van der Waals surface area contributed by atoms with Gasteiger partial charge in [0.15, 0.2) is 5.11 Å². The van der Waals surface area contributed by atoms with Gasteiger partial charge in [-0.25, -0.2) is 9.78 Å². The van der Waals surface area contributed by atoms with Gasteiger partial charge in [0.05, 0.1) is 12.7 Å². The number of aryl methyl sites for hydroxylation is 2. The van der Waals surface area contributed by atoms with E-state index in [1.54, 1.807) is 6.20 Å². The largest absolute Gasteiger partial charge is 0.465 e. The van der Waals surface area contributed by atoms with Crippen LogP contribution in [-0.4, -0.2) is 23.2 Å². The first kappa shape index (κ1) is 16.4. The predicted octanol–water partition coefficient (Wildman–Crippen LogP) is 3.61. The molecule has 5 nitrogen and oxygen atoms in total. The molecule has 0 radical (unpaired) electrons. The molecule has 0 fully saturated rings. The van der Waals surface area contributed by atoms with Crippen molar-refractivity contribution in [2.24, 2.45) is 0 Å². The molecule has 0 bridgehead atoms. The standard InChI is InChI=1S/C15H17N3O2S2/c1-4-10-8-11(14(19)20-3)13(22-10)18-15(21)17-12-7-9(2)5-6-16-12/h5-8H,4H2,1-3H3,(H2,16,17,18,21). The average molecular weight is 335 g/mol. The number of ether oxygens (including phenoxy) is 1. The fourth-order valence-electron chi connectivity index (χ4n) is 1.83. The number of anilines is 2. The maximum atomic E-state index is 11.8. The summed E-state index contributed by atoms with van der Waals surface area (Å²) in [6.45, 7) is 4.01. The second-order valence-electron chi connectivity index (χ2n) is 4.60. The number of methoxy groups -OCH3 is 1. The third-order valence-electron chi connectivity index (χ3n) is 2.92. The maximum Gasteiger partial charge on any atom is 0.340 e. The summed E-state index contributed by atoms with van der Waals surface area (Å²) in [7, 11) is 1.36.